The van der Waals surface area contributed by atoms with Gasteiger partial charge in [-0.1, -0.05) is 0 Å². The maximum Gasteiger partial charge on any atom is 0.352 e. The zero-order valence-corrected chi connectivity index (χ0v) is 12.1. The zero-order valence-electron chi connectivity index (χ0n) is 12.1. The molecule has 2 aliphatic heterocycles. The first kappa shape index (κ1) is 15.3. The molecule has 2 saturated heterocycles. The van der Waals surface area contributed by atoms with Gasteiger partial charge in [0.1, 0.15) is 5.76 Å². The summed E-state index contributed by atoms with van der Waals surface area (Å²) in [6.45, 7) is 5.83. The van der Waals surface area contributed by atoms with Crippen molar-refractivity contribution in [3.8, 4) is 0 Å². The second-order valence-corrected chi connectivity index (χ2v) is 5.63. The Labute approximate surface area is 120 Å². The van der Waals surface area contributed by atoms with E-state index in [0.717, 1.165) is 0 Å². The van der Waals surface area contributed by atoms with Crippen molar-refractivity contribution >= 4 is 17.9 Å². The Bertz CT molecular complexity index is 520. The number of carbonyl (C=O) groups is 3. The molecule has 1 atom stereocenters. The van der Waals surface area contributed by atoms with Crippen LogP contribution in [-0.4, -0.2) is 40.7 Å². The standard InChI is InChI=1S/C13H16O8/c1-12(2)18-7(9(15)19-12)5-6(14)8-10(16)20-13(3,4)21-11(8)17/h7,14H,5H2,1-4H3/t7-/m0/s1. The number of cyclic esters (lactones) is 3. The number of aliphatic hydroxyl groups excluding tert-OH is 1. The van der Waals surface area contributed by atoms with E-state index in [2.05, 4.69) is 0 Å². The molecule has 0 aromatic heterocycles. The molecular weight excluding hydrogens is 284 g/mol. The van der Waals surface area contributed by atoms with E-state index >= 15 is 0 Å². The lowest BCUT2D eigenvalue weighted by molar-refractivity contribution is -0.222. The molecule has 8 nitrogen and oxygen atoms in total. The molecule has 0 bridgehead atoms. The van der Waals surface area contributed by atoms with E-state index in [1.54, 1.807) is 0 Å². The first-order valence-corrected chi connectivity index (χ1v) is 6.30. The summed E-state index contributed by atoms with van der Waals surface area (Å²) in [5.74, 6) is -5.88. The summed E-state index contributed by atoms with van der Waals surface area (Å²) < 4.78 is 19.9. The number of ether oxygens (including phenoxy) is 4. The highest BCUT2D eigenvalue weighted by atomic mass is 16.8. The normalized spacial score (nSPS) is 27.0. The molecule has 0 aromatic carbocycles. The van der Waals surface area contributed by atoms with Gasteiger partial charge in [-0.25, -0.2) is 14.4 Å². The van der Waals surface area contributed by atoms with Crippen LogP contribution in [0.1, 0.15) is 34.1 Å². The summed E-state index contributed by atoms with van der Waals surface area (Å²) in [6, 6.07) is 0. The molecule has 0 unspecified atom stereocenters. The van der Waals surface area contributed by atoms with E-state index in [1.807, 2.05) is 0 Å². The van der Waals surface area contributed by atoms with Crippen LogP contribution in [0.4, 0.5) is 0 Å². The molecule has 0 saturated carbocycles. The largest absolute Gasteiger partial charge is 0.511 e. The summed E-state index contributed by atoms with van der Waals surface area (Å²) >= 11 is 0. The molecule has 0 aliphatic carbocycles. The van der Waals surface area contributed by atoms with Crippen molar-refractivity contribution in [2.45, 2.75) is 51.8 Å². The Hall–Kier alpha value is -2.09. The quantitative estimate of drug-likeness (QED) is 0.343. The molecule has 21 heavy (non-hydrogen) atoms. The Kier molecular flexibility index (Phi) is 3.45. The Morgan fingerprint density at radius 1 is 1.00 bits per heavy atom. The molecule has 2 fully saturated rings. The van der Waals surface area contributed by atoms with Gasteiger partial charge in [0.2, 0.25) is 5.79 Å². The number of aliphatic hydroxyl groups is 1. The van der Waals surface area contributed by atoms with E-state index < -0.39 is 46.9 Å². The van der Waals surface area contributed by atoms with Crippen LogP contribution in [-0.2, 0) is 33.3 Å². The van der Waals surface area contributed by atoms with E-state index in [4.69, 9.17) is 18.9 Å². The fraction of sp³-hybridized carbons (Fsp3) is 0.615. The lowest BCUT2D eigenvalue weighted by atomic mass is 10.1. The van der Waals surface area contributed by atoms with Crippen LogP contribution in [0, 0.1) is 0 Å². The van der Waals surface area contributed by atoms with Crippen LogP contribution >= 0.6 is 0 Å². The Balaban J connectivity index is 2.19. The van der Waals surface area contributed by atoms with Gasteiger partial charge in [-0.2, -0.15) is 0 Å². The average molecular weight is 300 g/mol. The lowest BCUT2D eigenvalue weighted by Gasteiger charge is -2.30. The van der Waals surface area contributed by atoms with Crippen LogP contribution in [0.3, 0.4) is 0 Å². The van der Waals surface area contributed by atoms with E-state index in [-0.39, 0.29) is 6.42 Å². The molecule has 116 valence electrons. The number of hydrogen-bond donors (Lipinski definition) is 1. The van der Waals surface area contributed by atoms with Crippen molar-refractivity contribution in [3.05, 3.63) is 11.3 Å². The van der Waals surface area contributed by atoms with Gasteiger partial charge >= 0.3 is 17.9 Å². The highest BCUT2D eigenvalue weighted by Gasteiger charge is 2.45. The van der Waals surface area contributed by atoms with Gasteiger partial charge in [0.05, 0.1) is 0 Å². The molecule has 1 N–H and O–H groups in total. The summed E-state index contributed by atoms with van der Waals surface area (Å²) in [6.07, 6.45) is -1.49. The zero-order chi connectivity index (χ0) is 16.0. The molecule has 2 aliphatic rings. The monoisotopic (exact) mass is 300 g/mol. The summed E-state index contributed by atoms with van der Waals surface area (Å²) in [7, 11) is 0. The first-order chi connectivity index (χ1) is 9.51. The molecule has 0 radical (unpaired) electrons. The fourth-order valence-corrected chi connectivity index (χ4v) is 2.01. The minimum Gasteiger partial charge on any atom is -0.511 e. The van der Waals surface area contributed by atoms with Gasteiger partial charge in [-0.15, -0.1) is 0 Å². The van der Waals surface area contributed by atoms with Gasteiger partial charge in [-0.3, -0.25) is 0 Å². The summed E-state index contributed by atoms with van der Waals surface area (Å²) in [5.41, 5.74) is -0.643. The Morgan fingerprint density at radius 2 is 1.52 bits per heavy atom. The third kappa shape index (κ3) is 3.15. The minimum absolute atomic E-state index is 0.387. The highest BCUT2D eigenvalue weighted by molar-refractivity contribution is 6.15. The predicted molar refractivity (Wildman–Crippen MR) is 65.6 cm³/mol. The summed E-state index contributed by atoms with van der Waals surface area (Å²) in [4.78, 5) is 35.1. The number of rotatable bonds is 2. The van der Waals surface area contributed by atoms with Crippen molar-refractivity contribution in [1.29, 1.82) is 0 Å². The smallest absolute Gasteiger partial charge is 0.352 e. The van der Waals surface area contributed by atoms with Gasteiger partial charge < -0.3 is 24.1 Å². The summed E-state index contributed by atoms with van der Waals surface area (Å²) in [5, 5.41) is 9.92. The van der Waals surface area contributed by atoms with E-state index in [0.29, 0.717) is 0 Å². The topological polar surface area (TPSA) is 108 Å². The van der Waals surface area contributed by atoms with Gasteiger partial charge in [-0.05, 0) is 0 Å². The van der Waals surface area contributed by atoms with Crippen molar-refractivity contribution in [3.63, 3.8) is 0 Å². The molecule has 0 aromatic rings. The average Bonchev–Trinajstić information content (AvgIpc) is 2.48. The SMILES string of the molecule is CC1(C)OC(=O)C(=C(O)C[C@@H]2OC(C)(C)OC2=O)C(=O)O1. The molecule has 8 heteroatoms. The van der Waals surface area contributed by atoms with Crippen LogP contribution in [0.5, 0.6) is 0 Å². The predicted octanol–water partition coefficient (Wildman–Crippen LogP) is 0.703. The van der Waals surface area contributed by atoms with Gasteiger partial charge in [0.15, 0.2) is 11.7 Å². The molecular formula is C13H16O8. The maximum atomic E-state index is 11.7. The van der Waals surface area contributed by atoms with Crippen molar-refractivity contribution < 1.29 is 38.4 Å². The Morgan fingerprint density at radius 3 is 1.95 bits per heavy atom. The molecule has 0 spiro atoms. The van der Waals surface area contributed by atoms with E-state index in [1.165, 1.54) is 27.7 Å². The second-order valence-electron chi connectivity index (χ2n) is 5.63. The number of carbonyl (C=O) groups excluding carboxylic acids is 3. The molecule has 0 amide bonds. The molecule has 2 rings (SSSR count). The van der Waals surface area contributed by atoms with Gasteiger partial charge in [0.25, 0.3) is 5.79 Å². The highest BCUT2D eigenvalue weighted by Crippen LogP contribution is 2.30. The van der Waals surface area contributed by atoms with Crippen molar-refractivity contribution in [1.82, 2.24) is 0 Å². The lowest BCUT2D eigenvalue weighted by Crippen LogP contribution is -2.42. The first-order valence-electron chi connectivity index (χ1n) is 6.30. The van der Waals surface area contributed by atoms with Crippen LogP contribution in [0.2, 0.25) is 0 Å². The number of hydrogen-bond acceptors (Lipinski definition) is 8. The molecule has 2 heterocycles. The third-order valence-corrected chi connectivity index (χ3v) is 2.79. The minimum atomic E-state index is -1.40. The van der Waals surface area contributed by atoms with Crippen molar-refractivity contribution in [2.75, 3.05) is 0 Å². The van der Waals surface area contributed by atoms with Crippen molar-refractivity contribution in [2.24, 2.45) is 0 Å². The van der Waals surface area contributed by atoms with Crippen LogP contribution in [0.15, 0.2) is 11.3 Å². The fourth-order valence-electron chi connectivity index (χ4n) is 2.01. The van der Waals surface area contributed by atoms with Gasteiger partial charge in [0, 0.05) is 34.1 Å². The third-order valence-electron chi connectivity index (χ3n) is 2.79. The second kappa shape index (κ2) is 4.73. The van der Waals surface area contributed by atoms with Crippen LogP contribution in [0.25, 0.3) is 0 Å². The maximum absolute atomic E-state index is 11.7. The van der Waals surface area contributed by atoms with E-state index in [9.17, 15) is 19.5 Å². The number of esters is 3. The van der Waals surface area contributed by atoms with Crippen LogP contribution < -0.4 is 0 Å².